The first-order chi connectivity index (χ1) is 9.10. The summed E-state index contributed by atoms with van der Waals surface area (Å²) < 4.78 is 5.71. The molecule has 0 aliphatic rings. The Morgan fingerprint density at radius 2 is 2.05 bits per heavy atom. The van der Waals surface area contributed by atoms with Crippen molar-refractivity contribution in [3.05, 3.63) is 40.5 Å². The maximum atomic E-state index is 6.04. The maximum Gasteiger partial charge on any atom is 0.243 e. The number of benzene rings is 1. The molecule has 0 saturated heterocycles. The number of aryl methyl sites for hydroxylation is 2. The van der Waals surface area contributed by atoms with E-state index < -0.39 is 0 Å². The van der Waals surface area contributed by atoms with E-state index in [-0.39, 0.29) is 0 Å². The SMILES string of the molecule is CCNc1ncc(Cl)c(Oc2ccc(C)c(C)c2)n1. The quantitative estimate of drug-likeness (QED) is 0.918. The molecule has 2 aromatic rings. The normalized spacial score (nSPS) is 10.3. The van der Waals surface area contributed by atoms with Crippen LogP contribution in [-0.2, 0) is 0 Å². The highest BCUT2D eigenvalue weighted by Crippen LogP contribution is 2.28. The molecule has 100 valence electrons. The zero-order valence-electron chi connectivity index (χ0n) is 11.2. The molecule has 0 saturated carbocycles. The minimum Gasteiger partial charge on any atom is -0.437 e. The van der Waals surface area contributed by atoms with Crippen molar-refractivity contribution in [3.63, 3.8) is 0 Å². The number of nitrogens with zero attached hydrogens (tertiary/aromatic N) is 2. The fourth-order valence-electron chi connectivity index (χ4n) is 1.56. The van der Waals surface area contributed by atoms with Crippen molar-refractivity contribution in [2.75, 3.05) is 11.9 Å². The summed E-state index contributed by atoms with van der Waals surface area (Å²) in [5, 5.41) is 3.41. The fourth-order valence-corrected chi connectivity index (χ4v) is 1.69. The topological polar surface area (TPSA) is 47.0 Å². The molecule has 0 unspecified atom stereocenters. The van der Waals surface area contributed by atoms with E-state index in [4.69, 9.17) is 16.3 Å². The van der Waals surface area contributed by atoms with Crippen LogP contribution in [0.3, 0.4) is 0 Å². The summed E-state index contributed by atoms with van der Waals surface area (Å²) >= 11 is 6.04. The molecule has 0 bridgehead atoms. The van der Waals surface area contributed by atoms with Crippen LogP contribution in [0.15, 0.2) is 24.4 Å². The number of ether oxygens (including phenoxy) is 1. The molecule has 1 aromatic carbocycles. The van der Waals surface area contributed by atoms with Crippen LogP contribution in [0.5, 0.6) is 11.6 Å². The Morgan fingerprint density at radius 1 is 1.26 bits per heavy atom. The molecule has 1 N–H and O–H groups in total. The average Bonchev–Trinajstić information content (AvgIpc) is 2.38. The second-order valence-electron chi connectivity index (χ2n) is 4.23. The molecule has 0 fully saturated rings. The predicted molar refractivity (Wildman–Crippen MR) is 77.2 cm³/mol. The summed E-state index contributed by atoms with van der Waals surface area (Å²) in [5.74, 6) is 1.58. The van der Waals surface area contributed by atoms with Crippen molar-refractivity contribution in [2.24, 2.45) is 0 Å². The van der Waals surface area contributed by atoms with Crippen molar-refractivity contribution in [1.29, 1.82) is 0 Å². The van der Waals surface area contributed by atoms with Gasteiger partial charge in [0.15, 0.2) is 0 Å². The number of hydrogen-bond donors (Lipinski definition) is 1. The van der Waals surface area contributed by atoms with Gasteiger partial charge >= 0.3 is 0 Å². The highest BCUT2D eigenvalue weighted by molar-refractivity contribution is 6.31. The van der Waals surface area contributed by atoms with Gasteiger partial charge in [0, 0.05) is 6.54 Å². The van der Waals surface area contributed by atoms with E-state index in [1.165, 1.54) is 11.8 Å². The predicted octanol–water partition coefficient (Wildman–Crippen LogP) is 3.97. The van der Waals surface area contributed by atoms with Crippen LogP contribution in [-0.4, -0.2) is 16.5 Å². The highest BCUT2D eigenvalue weighted by Gasteiger charge is 2.08. The van der Waals surface area contributed by atoms with Gasteiger partial charge in [-0.25, -0.2) is 4.98 Å². The third-order valence-electron chi connectivity index (χ3n) is 2.74. The Hall–Kier alpha value is -1.81. The van der Waals surface area contributed by atoms with Crippen molar-refractivity contribution < 1.29 is 4.74 Å². The monoisotopic (exact) mass is 277 g/mol. The lowest BCUT2D eigenvalue weighted by Gasteiger charge is -2.09. The van der Waals surface area contributed by atoms with E-state index >= 15 is 0 Å². The zero-order valence-corrected chi connectivity index (χ0v) is 12.0. The Balaban J connectivity index is 2.26. The summed E-state index contributed by atoms with van der Waals surface area (Å²) in [4.78, 5) is 8.30. The number of aromatic nitrogens is 2. The molecule has 0 radical (unpaired) electrons. The molecule has 0 spiro atoms. The van der Waals surface area contributed by atoms with Crippen LogP contribution < -0.4 is 10.1 Å². The van der Waals surface area contributed by atoms with E-state index in [1.54, 1.807) is 0 Å². The van der Waals surface area contributed by atoms with E-state index in [1.807, 2.05) is 32.0 Å². The van der Waals surface area contributed by atoms with Gasteiger partial charge in [0.2, 0.25) is 11.8 Å². The van der Waals surface area contributed by atoms with Crippen molar-refractivity contribution in [2.45, 2.75) is 20.8 Å². The summed E-state index contributed by atoms with van der Waals surface area (Å²) in [6.07, 6.45) is 1.53. The number of rotatable bonds is 4. The third kappa shape index (κ3) is 3.35. The van der Waals surface area contributed by atoms with E-state index in [0.717, 1.165) is 12.1 Å². The smallest absolute Gasteiger partial charge is 0.243 e. The van der Waals surface area contributed by atoms with Crippen LogP contribution in [0.4, 0.5) is 5.95 Å². The Labute approximate surface area is 117 Å². The van der Waals surface area contributed by atoms with Crippen molar-refractivity contribution in [1.82, 2.24) is 9.97 Å². The van der Waals surface area contributed by atoms with Crippen LogP contribution in [0.25, 0.3) is 0 Å². The lowest BCUT2D eigenvalue weighted by molar-refractivity contribution is 0.462. The first kappa shape index (κ1) is 13.6. The summed E-state index contributed by atoms with van der Waals surface area (Å²) in [7, 11) is 0. The number of anilines is 1. The lowest BCUT2D eigenvalue weighted by Crippen LogP contribution is -2.03. The van der Waals surface area contributed by atoms with Gasteiger partial charge in [-0.1, -0.05) is 17.7 Å². The summed E-state index contributed by atoms with van der Waals surface area (Å²) in [5.41, 5.74) is 2.38. The maximum absolute atomic E-state index is 6.04. The van der Waals surface area contributed by atoms with Crippen LogP contribution in [0, 0.1) is 13.8 Å². The van der Waals surface area contributed by atoms with Gasteiger partial charge in [0.05, 0.1) is 6.20 Å². The standard InChI is InChI=1S/C14H16ClN3O/c1-4-16-14-17-8-12(15)13(18-14)19-11-6-5-9(2)10(3)7-11/h5-8H,4H2,1-3H3,(H,16,17,18). The molecular weight excluding hydrogens is 262 g/mol. The molecule has 1 heterocycles. The van der Waals surface area contributed by atoms with Gasteiger partial charge in [-0.05, 0) is 44.0 Å². The van der Waals surface area contributed by atoms with E-state index in [0.29, 0.717) is 22.6 Å². The Kier molecular flexibility index (Phi) is 4.22. The van der Waals surface area contributed by atoms with Gasteiger partial charge in [-0.2, -0.15) is 4.98 Å². The number of halogens is 1. The molecule has 0 aliphatic heterocycles. The van der Waals surface area contributed by atoms with Crippen LogP contribution in [0.2, 0.25) is 5.02 Å². The molecule has 0 atom stereocenters. The largest absolute Gasteiger partial charge is 0.437 e. The van der Waals surface area contributed by atoms with Gasteiger partial charge in [-0.15, -0.1) is 0 Å². The molecule has 4 nitrogen and oxygen atoms in total. The Morgan fingerprint density at radius 3 is 2.74 bits per heavy atom. The Bertz CT molecular complexity index is 587. The molecule has 19 heavy (non-hydrogen) atoms. The minimum atomic E-state index is 0.357. The molecule has 0 amide bonds. The van der Waals surface area contributed by atoms with Crippen molar-refractivity contribution >= 4 is 17.5 Å². The van der Waals surface area contributed by atoms with E-state index in [9.17, 15) is 0 Å². The highest BCUT2D eigenvalue weighted by atomic mass is 35.5. The molecule has 2 rings (SSSR count). The molecule has 1 aromatic heterocycles. The minimum absolute atomic E-state index is 0.357. The van der Waals surface area contributed by atoms with Crippen LogP contribution in [0.1, 0.15) is 18.1 Å². The fraction of sp³-hybridized carbons (Fsp3) is 0.286. The number of hydrogen-bond acceptors (Lipinski definition) is 4. The van der Waals surface area contributed by atoms with E-state index in [2.05, 4.69) is 22.2 Å². The first-order valence-electron chi connectivity index (χ1n) is 6.11. The van der Waals surface area contributed by atoms with Gasteiger partial charge in [-0.3, -0.25) is 0 Å². The molecule has 5 heteroatoms. The summed E-state index contributed by atoms with van der Waals surface area (Å²) in [6.45, 7) is 6.81. The van der Waals surface area contributed by atoms with Crippen LogP contribution >= 0.6 is 11.6 Å². The first-order valence-corrected chi connectivity index (χ1v) is 6.49. The second-order valence-corrected chi connectivity index (χ2v) is 4.63. The summed E-state index contributed by atoms with van der Waals surface area (Å²) in [6, 6.07) is 5.86. The van der Waals surface area contributed by atoms with Gasteiger partial charge in [0.1, 0.15) is 10.8 Å². The van der Waals surface area contributed by atoms with Gasteiger partial charge in [0.25, 0.3) is 0 Å². The lowest BCUT2D eigenvalue weighted by atomic mass is 10.1. The van der Waals surface area contributed by atoms with Crippen molar-refractivity contribution in [3.8, 4) is 11.6 Å². The number of nitrogens with one attached hydrogen (secondary N) is 1. The average molecular weight is 278 g/mol. The van der Waals surface area contributed by atoms with Gasteiger partial charge < -0.3 is 10.1 Å². The second kappa shape index (κ2) is 5.89. The zero-order chi connectivity index (χ0) is 13.8. The molecule has 0 aliphatic carbocycles. The molecular formula is C14H16ClN3O. The third-order valence-corrected chi connectivity index (χ3v) is 3.00.